The van der Waals surface area contributed by atoms with Crippen LogP contribution < -0.4 is 5.56 Å². The monoisotopic (exact) mass is 429 g/mol. The molecule has 0 saturated carbocycles. The number of imide groups is 1. The zero-order valence-electron chi connectivity index (χ0n) is 16.9. The lowest BCUT2D eigenvalue weighted by Gasteiger charge is -2.15. The van der Waals surface area contributed by atoms with E-state index in [4.69, 9.17) is 0 Å². The van der Waals surface area contributed by atoms with E-state index in [0.717, 1.165) is 15.3 Å². The summed E-state index contributed by atoms with van der Waals surface area (Å²) in [4.78, 5) is 45.8. The predicted molar refractivity (Wildman–Crippen MR) is 120 cm³/mol. The van der Waals surface area contributed by atoms with Crippen LogP contribution in [0.25, 0.3) is 20.7 Å². The molecule has 3 heterocycles. The summed E-state index contributed by atoms with van der Waals surface area (Å²) < 4.78 is 1.63. The maximum atomic E-state index is 13.1. The number of nitrogens with zero attached hydrogens (tertiary/aromatic N) is 3. The smallest absolute Gasteiger partial charge is 0.262 e. The third-order valence-corrected chi connectivity index (χ3v) is 6.62. The van der Waals surface area contributed by atoms with E-state index in [1.165, 1.54) is 16.2 Å². The fourth-order valence-electron chi connectivity index (χ4n) is 3.95. The Hall–Kier alpha value is -3.58. The normalized spacial score (nSPS) is 13.3. The summed E-state index contributed by atoms with van der Waals surface area (Å²) in [7, 11) is 0. The zero-order valence-corrected chi connectivity index (χ0v) is 17.7. The number of aromatic nitrogens is 2. The predicted octanol–water partition coefficient (Wildman–Crippen LogP) is 4.12. The number of carbonyl (C=O) groups is 2. The van der Waals surface area contributed by atoms with Gasteiger partial charge in [-0.3, -0.25) is 23.9 Å². The van der Waals surface area contributed by atoms with Crippen LogP contribution in [0.1, 0.15) is 33.0 Å². The lowest BCUT2D eigenvalue weighted by molar-refractivity contribution is 0.0650. The first-order valence-electron chi connectivity index (χ1n) is 10.1. The average Bonchev–Trinajstić information content (AvgIpc) is 3.32. The van der Waals surface area contributed by atoms with Crippen molar-refractivity contribution in [3.8, 4) is 10.4 Å². The van der Waals surface area contributed by atoms with Crippen molar-refractivity contribution in [2.24, 2.45) is 0 Å². The van der Waals surface area contributed by atoms with Gasteiger partial charge in [-0.15, -0.1) is 11.3 Å². The Morgan fingerprint density at radius 2 is 1.52 bits per heavy atom. The Morgan fingerprint density at radius 3 is 2.19 bits per heavy atom. The average molecular weight is 430 g/mol. The van der Waals surface area contributed by atoms with E-state index < -0.39 is 0 Å². The highest BCUT2D eigenvalue weighted by atomic mass is 32.1. The summed E-state index contributed by atoms with van der Waals surface area (Å²) in [5.74, 6) is 0.0773. The van der Waals surface area contributed by atoms with Crippen LogP contribution in [0.5, 0.6) is 0 Å². The van der Waals surface area contributed by atoms with Crippen molar-refractivity contribution in [3.63, 3.8) is 0 Å². The number of benzene rings is 2. The van der Waals surface area contributed by atoms with Crippen molar-refractivity contribution < 1.29 is 9.59 Å². The molecule has 0 atom stereocenters. The highest BCUT2D eigenvalue weighted by Gasteiger charge is 2.34. The molecule has 0 saturated heterocycles. The van der Waals surface area contributed by atoms with E-state index in [-0.39, 0.29) is 23.9 Å². The van der Waals surface area contributed by atoms with E-state index in [1.807, 2.05) is 43.3 Å². The highest BCUT2D eigenvalue weighted by molar-refractivity contribution is 7.21. The molecule has 0 radical (unpaired) electrons. The summed E-state index contributed by atoms with van der Waals surface area (Å²) in [6.45, 7) is 2.46. The Bertz CT molecular complexity index is 1350. The minimum absolute atomic E-state index is 0.0942. The molecule has 0 bridgehead atoms. The second kappa shape index (κ2) is 7.59. The van der Waals surface area contributed by atoms with Crippen LogP contribution in [0.2, 0.25) is 0 Å². The number of rotatable bonds is 5. The second-order valence-corrected chi connectivity index (χ2v) is 8.50. The molecule has 1 aliphatic heterocycles. The van der Waals surface area contributed by atoms with Gasteiger partial charge in [-0.2, -0.15) is 0 Å². The maximum Gasteiger partial charge on any atom is 0.262 e. The van der Waals surface area contributed by atoms with Crippen molar-refractivity contribution in [3.05, 3.63) is 88.0 Å². The molecule has 0 fully saturated rings. The molecule has 2 amide bonds. The van der Waals surface area contributed by atoms with Crippen LogP contribution in [-0.2, 0) is 6.54 Å². The van der Waals surface area contributed by atoms with Crippen LogP contribution >= 0.6 is 11.3 Å². The van der Waals surface area contributed by atoms with Gasteiger partial charge in [0.1, 0.15) is 10.7 Å². The Morgan fingerprint density at radius 1 is 0.871 bits per heavy atom. The zero-order chi connectivity index (χ0) is 21.5. The van der Waals surface area contributed by atoms with Crippen LogP contribution in [0, 0.1) is 6.92 Å². The van der Waals surface area contributed by atoms with Gasteiger partial charge in [0.15, 0.2) is 0 Å². The van der Waals surface area contributed by atoms with Crippen molar-refractivity contribution in [2.75, 3.05) is 6.54 Å². The molecule has 0 spiro atoms. The maximum absolute atomic E-state index is 13.1. The molecule has 154 valence electrons. The van der Waals surface area contributed by atoms with E-state index in [9.17, 15) is 14.4 Å². The lowest BCUT2D eigenvalue weighted by Crippen LogP contribution is -2.32. The molecular weight excluding hydrogens is 410 g/mol. The molecule has 6 nitrogen and oxygen atoms in total. The summed E-state index contributed by atoms with van der Waals surface area (Å²) in [5, 5.41) is 0.593. The number of carbonyl (C=O) groups excluding carboxylic acids is 2. The van der Waals surface area contributed by atoms with Crippen LogP contribution in [0.4, 0.5) is 0 Å². The van der Waals surface area contributed by atoms with Crippen molar-refractivity contribution in [1.82, 2.24) is 14.5 Å². The number of fused-ring (bicyclic) bond motifs is 2. The third kappa shape index (κ3) is 3.27. The number of aryl methyl sites for hydroxylation is 1. The number of hydrogen-bond donors (Lipinski definition) is 0. The molecule has 0 N–H and O–H groups in total. The van der Waals surface area contributed by atoms with E-state index in [0.29, 0.717) is 35.3 Å². The molecule has 7 heteroatoms. The first-order chi connectivity index (χ1) is 15.0. The number of thiophene rings is 1. The second-order valence-electron chi connectivity index (χ2n) is 7.47. The van der Waals surface area contributed by atoms with Crippen molar-refractivity contribution >= 4 is 33.4 Å². The molecule has 2 aromatic carbocycles. The van der Waals surface area contributed by atoms with Crippen molar-refractivity contribution in [2.45, 2.75) is 19.9 Å². The molecule has 0 aliphatic carbocycles. The summed E-state index contributed by atoms with van der Waals surface area (Å²) in [5.41, 5.74) is 1.84. The van der Waals surface area contributed by atoms with Gasteiger partial charge in [0.05, 0.1) is 16.5 Å². The summed E-state index contributed by atoms with van der Waals surface area (Å²) in [6.07, 6.45) is 0.481. The Balaban J connectivity index is 1.37. The molecule has 2 aromatic heterocycles. The Kier molecular flexibility index (Phi) is 4.75. The number of amides is 2. The topological polar surface area (TPSA) is 72.3 Å². The van der Waals surface area contributed by atoms with Gasteiger partial charge in [-0.25, -0.2) is 4.98 Å². The van der Waals surface area contributed by atoms with Crippen molar-refractivity contribution in [1.29, 1.82) is 0 Å². The van der Waals surface area contributed by atoms with Gasteiger partial charge in [-0.1, -0.05) is 42.5 Å². The fraction of sp³-hybridized carbons (Fsp3) is 0.167. The van der Waals surface area contributed by atoms with Gasteiger partial charge in [0, 0.05) is 18.0 Å². The first kappa shape index (κ1) is 19.4. The van der Waals surface area contributed by atoms with Gasteiger partial charge >= 0.3 is 0 Å². The standard InChI is InChI=1S/C24H19N3O3S/c1-15-25-21-19(14-20(31-21)16-8-3-2-4-9-16)24(30)26(15)12-7-13-27-22(28)17-10-5-6-11-18(17)23(27)29/h2-6,8-11,14H,7,12-13H2,1H3. The highest BCUT2D eigenvalue weighted by Crippen LogP contribution is 2.31. The summed E-state index contributed by atoms with van der Waals surface area (Å²) in [6, 6.07) is 18.7. The van der Waals surface area contributed by atoms with E-state index >= 15 is 0 Å². The van der Waals surface area contributed by atoms with Gasteiger partial charge < -0.3 is 0 Å². The van der Waals surface area contributed by atoms with Crippen LogP contribution in [0.3, 0.4) is 0 Å². The minimum atomic E-state index is -0.274. The van der Waals surface area contributed by atoms with Crippen LogP contribution in [-0.4, -0.2) is 32.8 Å². The number of hydrogen-bond acceptors (Lipinski definition) is 5. The molecule has 5 rings (SSSR count). The molecular formula is C24H19N3O3S. The lowest BCUT2D eigenvalue weighted by atomic mass is 10.1. The van der Waals surface area contributed by atoms with Gasteiger partial charge in [0.2, 0.25) is 0 Å². The van der Waals surface area contributed by atoms with E-state index in [1.54, 1.807) is 28.8 Å². The summed E-state index contributed by atoms with van der Waals surface area (Å²) >= 11 is 1.50. The molecule has 4 aromatic rings. The molecule has 1 aliphatic rings. The largest absolute Gasteiger partial charge is 0.296 e. The SMILES string of the molecule is Cc1nc2sc(-c3ccccc3)cc2c(=O)n1CCCN1C(=O)c2ccccc2C1=O. The van der Waals surface area contributed by atoms with Gasteiger partial charge in [0.25, 0.3) is 17.4 Å². The minimum Gasteiger partial charge on any atom is -0.296 e. The first-order valence-corrected chi connectivity index (χ1v) is 10.9. The Labute approximate surface area is 182 Å². The van der Waals surface area contributed by atoms with E-state index in [2.05, 4.69) is 4.98 Å². The fourth-order valence-corrected chi connectivity index (χ4v) is 5.03. The van der Waals surface area contributed by atoms with Crippen LogP contribution in [0.15, 0.2) is 65.5 Å². The quantitative estimate of drug-likeness (QED) is 0.448. The van der Waals surface area contributed by atoms with Gasteiger partial charge in [-0.05, 0) is 37.1 Å². The molecule has 0 unspecified atom stereocenters. The third-order valence-electron chi connectivity index (χ3n) is 5.54. The molecule has 31 heavy (non-hydrogen) atoms.